The summed E-state index contributed by atoms with van der Waals surface area (Å²) < 4.78 is 7.19. The molecule has 3 heterocycles. The molecule has 0 saturated carbocycles. The standard InChI is InChI=1S/C22H15Cl2N5O2S/c23-14-4-5-17(16(24)9-14)28-22-29(26-10-15-2-1-7-25-15)19(12-32-22)13-3-6-20-18(8-13)27-21(30)11-31-20/h1-10,12,25H,11H2,(H,27,30). The summed E-state index contributed by atoms with van der Waals surface area (Å²) in [6.07, 6.45) is 3.54. The molecule has 0 saturated heterocycles. The summed E-state index contributed by atoms with van der Waals surface area (Å²) in [6, 6.07) is 14.5. The third-order valence-corrected chi connectivity index (χ3v) is 6.01. The van der Waals surface area contributed by atoms with Crippen LogP contribution in [0.3, 0.4) is 0 Å². The number of carbonyl (C=O) groups is 1. The lowest BCUT2D eigenvalue weighted by atomic mass is 10.1. The molecule has 1 amide bonds. The number of halogens is 2. The summed E-state index contributed by atoms with van der Waals surface area (Å²) in [7, 11) is 0. The van der Waals surface area contributed by atoms with Crippen molar-refractivity contribution in [3.63, 3.8) is 0 Å². The van der Waals surface area contributed by atoms with Crippen molar-refractivity contribution in [1.29, 1.82) is 0 Å². The van der Waals surface area contributed by atoms with Crippen molar-refractivity contribution in [2.24, 2.45) is 10.1 Å². The minimum atomic E-state index is -0.189. The number of ether oxygens (including phenoxy) is 1. The summed E-state index contributed by atoms with van der Waals surface area (Å²) in [5.41, 5.74) is 3.68. The van der Waals surface area contributed by atoms with Crippen molar-refractivity contribution in [3.8, 4) is 17.0 Å². The number of rotatable bonds is 4. The second-order valence-corrected chi connectivity index (χ2v) is 8.52. The predicted molar refractivity (Wildman–Crippen MR) is 127 cm³/mol. The van der Waals surface area contributed by atoms with E-state index >= 15 is 0 Å². The lowest BCUT2D eigenvalue weighted by Gasteiger charge is -2.18. The van der Waals surface area contributed by atoms with E-state index in [4.69, 9.17) is 32.9 Å². The highest BCUT2D eigenvalue weighted by Crippen LogP contribution is 2.33. The van der Waals surface area contributed by atoms with Crippen LogP contribution in [0.15, 0.2) is 70.2 Å². The maximum Gasteiger partial charge on any atom is 0.262 e. The molecule has 1 aliphatic rings. The molecule has 0 bridgehead atoms. The monoisotopic (exact) mass is 483 g/mol. The third-order valence-electron chi connectivity index (χ3n) is 4.65. The number of H-pyrrole nitrogens is 1. The fourth-order valence-corrected chi connectivity index (χ4v) is 4.45. The van der Waals surface area contributed by atoms with Crippen LogP contribution >= 0.6 is 34.5 Å². The molecule has 10 heteroatoms. The van der Waals surface area contributed by atoms with Gasteiger partial charge in [-0.15, -0.1) is 11.3 Å². The third kappa shape index (κ3) is 4.20. The highest BCUT2D eigenvalue weighted by atomic mass is 35.5. The quantitative estimate of drug-likeness (QED) is 0.386. The number of nitrogens with one attached hydrogen (secondary N) is 2. The Balaban J connectivity index is 1.64. The van der Waals surface area contributed by atoms with Crippen LogP contribution in [0, 0.1) is 0 Å². The van der Waals surface area contributed by atoms with Crippen LogP contribution in [-0.2, 0) is 4.79 Å². The average molecular weight is 484 g/mol. The number of amides is 1. The van der Waals surface area contributed by atoms with Gasteiger partial charge in [0.15, 0.2) is 6.61 Å². The first-order valence-corrected chi connectivity index (χ1v) is 11.2. The molecule has 5 rings (SSSR count). The Bertz CT molecular complexity index is 1410. The average Bonchev–Trinajstić information content (AvgIpc) is 3.43. The summed E-state index contributed by atoms with van der Waals surface area (Å²) in [5.74, 6) is 0.438. The molecule has 4 aromatic rings. The minimum Gasteiger partial charge on any atom is -0.482 e. The summed E-state index contributed by atoms with van der Waals surface area (Å²) >= 11 is 13.8. The topological polar surface area (TPSA) is 83.8 Å². The zero-order valence-electron chi connectivity index (χ0n) is 16.4. The molecule has 160 valence electrons. The molecule has 7 nitrogen and oxygen atoms in total. The van der Waals surface area contributed by atoms with E-state index in [-0.39, 0.29) is 12.5 Å². The number of benzene rings is 2. The van der Waals surface area contributed by atoms with E-state index in [0.717, 1.165) is 17.0 Å². The molecule has 0 fully saturated rings. The van der Waals surface area contributed by atoms with Crippen LogP contribution in [0.25, 0.3) is 11.3 Å². The predicted octanol–water partition coefficient (Wildman–Crippen LogP) is 5.30. The van der Waals surface area contributed by atoms with Gasteiger partial charge in [0.05, 0.1) is 34.0 Å². The van der Waals surface area contributed by atoms with E-state index in [1.165, 1.54) is 11.3 Å². The summed E-state index contributed by atoms with van der Waals surface area (Å²) in [6.45, 7) is 0.0100. The minimum absolute atomic E-state index is 0.0100. The molecule has 0 radical (unpaired) electrons. The molecule has 2 aromatic heterocycles. The molecule has 2 N–H and O–H groups in total. The van der Waals surface area contributed by atoms with Gasteiger partial charge in [-0.25, -0.2) is 9.67 Å². The number of nitrogens with zero attached hydrogens (tertiary/aromatic N) is 3. The molecule has 32 heavy (non-hydrogen) atoms. The number of hydrogen-bond donors (Lipinski definition) is 2. The van der Waals surface area contributed by atoms with Crippen LogP contribution < -0.4 is 14.9 Å². The second kappa shape index (κ2) is 8.66. The van der Waals surface area contributed by atoms with Gasteiger partial charge in [-0.2, -0.15) is 5.10 Å². The summed E-state index contributed by atoms with van der Waals surface area (Å²) in [5, 5.41) is 10.4. The van der Waals surface area contributed by atoms with Gasteiger partial charge < -0.3 is 15.0 Å². The zero-order valence-corrected chi connectivity index (χ0v) is 18.7. The number of thiazole rings is 1. The van der Waals surface area contributed by atoms with Crippen LogP contribution in [0.2, 0.25) is 10.0 Å². The van der Waals surface area contributed by atoms with Crippen molar-refractivity contribution in [3.05, 3.63) is 80.6 Å². The molecule has 0 atom stereocenters. The molecule has 0 aliphatic carbocycles. The Morgan fingerprint density at radius 2 is 2.06 bits per heavy atom. The van der Waals surface area contributed by atoms with Crippen molar-refractivity contribution in [2.75, 3.05) is 11.9 Å². The van der Waals surface area contributed by atoms with Crippen LogP contribution in [0.1, 0.15) is 5.69 Å². The Morgan fingerprint density at radius 1 is 1.16 bits per heavy atom. The molecular weight excluding hydrogens is 469 g/mol. The first-order chi connectivity index (χ1) is 15.6. The van der Waals surface area contributed by atoms with E-state index in [9.17, 15) is 4.79 Å². The molecule has 0 spiro atoms. The van der Waals surface area contributed by atoms with Crippen molar-refractivity contribution in [1.82, 2.24) is 9.66 Å². The summed E-state index contributed by atoms with van der Waals surface area (Å²) in [4.78, 5) is 20.1. The Morgan fingerprint density at radius 3 is 2.88 bits per heavy atom. The maximum atomic E-state index is 11.7. The normalized spacial score (nSPS) is 13.8. The van der Waals surface area contributed by atoms with E-state index in [1.807, 2.05) is 41.9 Å². The van der Waals surface area contributed by atoms with Gasteiger partial charge in [0.25, 0.3) is 5.91 Å². The Labute approximate surface area is 196 Å². The van der Waals surface area contributed by atoms with Crippen molar-refractivity contribution < 1.29 is 9.53 Å². The van der Waals surface area contributed by atoms with Crippen LogP contribution in [-0.4, -0.2) is 28.4 Å². The number of aromatic amines is 1. The van der Waals surface area contributed by atoms with Gasteiger partial charge in [0, 0.05) is 22.2 Å². The van der Waals surface area contributed by atoms with Gasteiger partial charge in [-0.3, -0.25) is 4.79 Å². The van der Waals surface area contributed by atoms with Gasteiger partial charge in [-0.1, -0.05) is 23.2 Å². The van der Waals surface area contributed by atoms with Gasteiger partial charge in [0.2, 0.25) is 4.80 Å². The molecule has 2 aromatic carbocycles. The van der Waals surface area contributed by atoms with Gasteiger partial charge in [0.1, 0.15) is 5.75 Å². The maximum absolute atomic E-state index is 11.7. The first kappa shape index (κ1) is 20.6. The fraction of sp³-hybridized carbons (Fsp3) is 0.0455. The smallest absolute Gasteiger partial charge is 0.262 e. The van der Waals surface area contributed by atoms with Crippen LogP contribution in [0.5, 0.6) is 5.75 Å². The lowest BCUT2D eigenvalue weighted by molar-refractivity contribution is -0.118. The molecule has 1 aliphatic heterocycles. The van der Waals surface area contributed by atoms with Crippen molar-refractivity contribution >= 4 is 58.0 Å². The lowest BCUT2D eigenvalue weighted by Crippen LogP contribution is -2.25. The second-order valence-electron chi connectivity index (χ2n) is 6.84. The van der Waals surface area contributed by atoms with E-state index in [2.05, 4.69) is 15.4 Å². The number of aromatic nitrogens is 2. The Kier molecular flexibility index (Phi) is 5.57. The highest BCUT2D eigenvalue weighted by molar-refractivity contribution is 7.07. The largest absolute Gasteiger partial charge is 0.482 e. The Hall–Kier alpha value is -3.33. The highest BCUT2D eigenvalue weighted by Gasteiger charge is 2.18. The van der Waals surface area contributed by atoms with Gasteiger partial charge in [-0.05, 0) is 48.5 Å². The van der Waals surface area contributed by atoms with E-state index in [1.54, 1.807) is 29.1 Å². The first-order valence-electron chi connectivity index (χ1n) is 9.52. The van der Waals surface area contributed by atoms with Crippen LogP contribution in [0.4, 0.5) is 11.4 Å². The fourth-order valence-electron chi connectivity index (χ4n) is 3.15. The van der Waals surface area contributed by atoms with Gasteiger partial charge >= 0.3 is 0 Å². The number of fused-ring (bicyclic) bond motifs is 1. The SMILES string of the molecule is O=C1COc2ccc(-c3csc(=Nc4ccc(Cl)cc4Cl)n3N=Cc3ccc[nH]3)cc2N1. The number of anilines is 1. The van der Waals surface area contributed by atoms with E-state index in [0.29, 0.717) is 32.0 Å². The zero-order chi connectivity index (χ0) is 22.1. The molecule has 0 unspecified atom stereocenters. The number of carbonyl (C=O) groups excluding carboxylic acids is 1. The number of hydrogen-bond acceptors (Lipinski definition) is 5. The molecular formula is C22H15Cl2N5O2S. The van der Waals surface area contributed by atoms with Crippen molar-refractivity contribution in [2.45, 2.75) is 0 Å². The van der Waals surface area contributed by atoms with E-state index < -0.39 is 0 Å².